The molecule has 1 unspecified atom stereocenters. The van der Waals surface area contributed by atoms with Gasteiger partial charge in [-0.15, -0.1) is 11.8 Å². The zero-order valence-electron chi connectivity index (χ0n) is 21.5. The van der Waals surface area contributed by atoms with Crippen molar-refractivity contribution in [2.45, 2.75) is 62.0 Å². The molecule has 0 radical (unpaired) electrons. The van der Waals surface area contributed by atoms with Gasteiger partial charge in [-0.1, -0.05) is 55.7 Å². The molecule has 1 N–H and O–H groups in total. The molecule has 7 rings (SSSR count). The summed E-state index contributed by atoms with van der Waals surface area (Å²) in [4.78, 5) is 5.74. The van der Waals surface area contributed by atoms with Crippen LogP contribution in [0.25, 0.3) is 0 Å². The molecule has 4 fully saturated rings. The molecule has 1 saturated carbocycles. The van der Waals surface area contributed by atoms with Gasteiger partial charge >= 0.3 is 0 Å². The highest BCUT2D eigenvalue weighted by molar-refractivity contribution is 7.99. The molecule has 1 aliphatic carbocycles. The van der Waals surface area contributed by atoms with Crippen LogP contribution in [0.4, 0.5) is 4.39 Å². The quantitative estimate of drug-likeness (QED) is 0.262. The number of quaternary nitrogens is 1. The maximum Gasteiger partial charge on any atom is 0.231 e. The van der Waals surface area contributed by atoms with Crippen molar-refractivity contribution in [2.24, 2.45) is 17.8 Å². The van der Waals surface area contributed by atoms with Crippen molar-refractivity contribution in [3.63, 3.8) is 0 Å². The molecule has 1 aromatic heterocycles. The third-order valence-electron chi connectivity index (χ3n) is 9.28. The minimum Gasteiger partial charge on any atom is -0.436 e. The summed E-state index contributed by atoms with van der Waals surface area (Å²) < 4.78 is 21.1. The third-order valence-corrected chi connectivity index (χ3v) is 10.5. The van der Waals surface area contributed by atoms with E-state index in [-0.39, 0.29) is 11.7 Å². The van der Waals surface area contributed by atoms with Crippen LogP contribution in [0.15, 0.2) is 70.1 Å². The second-order valence-corrected chi connectivity index (χ2v) is 12.7. The average Bonchev–Trinajstić information content (AvgIpc) is 3.41. The number of hydrogen-bond donors (Lipinski definition) is 1. The topological polar surface area (TPSA) is 46.3 Å². The predicted molar refractivity (Wildman–Crippen MR) is 144 cm³/mol. The van der Waals surface area contributed by atoms with Crippen molar-refractivity contribution < 1.29 is 18.4 Å². The summed E-state index contributed by atoms with van der Waals surface area (Å²) in [5.74, 6) is 3.73. The van der Waals surface area contributed by atoms with E-state index >= 15 is 0 Å². The summed E-state index contributed by atoms with van der Waals surface area (Å²) in [7, 11) is 0. The second kappa shape index (κ2) is 10.5. The van der Waals surface area contributed by atoms with E-state index in [0.29, 0.717) is 11.8 Å². The highest BCUT2D eigenvalue weighted by atomic mass is 32.2. The number of aromatic nitrogens is 1. The van der Waals surface area contributed by atoms with Crippen LogP contribution in [0.5, 0.6) is 0 Å². The summed E-state index contributed by atoms with van der Waals surface area (Å²) in [6.45, 7) is 4.31. The fourth-order valence-corrected chi connectivity index (χ4v) is 8.40. The number of oxazole rings is 1. The molecule has 2 bridgehead atoms. The summed E-state index contributed by atoms with van der Waals surface area (Å²) in [6.07, 6.45) is 9.86. The van der Waals surface area contributed by atoms with Crippen molar-refractivity contribution in [1.82, 2.24) is 4.98 Å². The molecule has 3 saturated heterocycles. The molecule has 2 aromatic carbocycles. The highest BCUT2D eigenvalue weighted by Crippen LogP contribution is 2.45. The largest absolute Gasteiger partial charge is 0.436 e. The van der Waals surface area contributed by atoms with E-state index in [1.54, 1.807) is 23.9 Å². The Hall–Kier alpha value is -2.15. The lowest BCUT2D eigenvalue weighted by Gasteiger charge is -2.52. The minimum absolute atomic E-state index is 0.122. The van der Waals surface area contributed by atoms with Crippen LogP contribution in [0.2, 0.25) is 0 Å². The SMILES string of the molecule is O[C@](c1ccccc1)(c1ncc(C[N+]23CCC(CC2)C(CSc2cccc(F)c2)C3)o1)C1CCCCC1. The standard InChI is InChI=1S/C31H38FN2O2S/c32-27-12-7-13-29(18-27)37-22-24-20-34(16-14-23(24)15-17-34)21-28-19-33-30(36-28)31(35,25-8-3-1-4-9-25)26-10-5-2-6-11-26/h1,3-4,7-9,12-13,18-19,23-24,26,35H,2,5-6,10-11,14-17,20-22H2/q+1/t23?,24?,31-,34?/m0/s1. The molecule has 0 amide bonds. The minimum atomic E-state index is -1.18. The maximum atomic E-state index is 13.6. The Morgan fingerprint density at radius 3 is 2.54 bits per heavy atom. The zero-order valence-corrected chi connectivity index (χ0v) is 22.3. The number of fused-ring (bicyclic) bond motifs is 3. The lowest BCUT2D eigenvalue weighted by molar-refractivity contribution is -0.959. The first-order chi connectivity index (χ1) is 18.0. The zero-order chi connectivity index (χ0) is 25.3. The number of piperidine rings is 3. The number of nitrogens with zero attached hydrogens (tertiary/aromatic N) is 2. The first-order valence-corrected chi connectivity index (χ1v) is 15.0. The number of hydrogen-bond acceptors (Lipinski definition) is 4. The summed E-state index contributed by atoms with van der Waals surface area (Å²) in [6, 6.07) is 17.0. The van der Waals surface area contributed by atoms with E-state index < -0.39 is 5.60 Å². The van der Waals surface area contributed by atoms with Gasteiger partial charge in [-0.2, -0.15) is 0 Å². The molecule has 3 aliphatic heterocycles. The Bertz CT molecular complexity index is 1190. The molecular weight excluding hydrogens is 483 g/mol. The Labute approximate surface area is 223 Å². The van der Waals surface area contributed by atoms with Crippen LogP contribution < -0.4 is 0 Å². The van der Waals surface area contributed by atoms with Gasteiger partial charge in [0.2, 0.25) is 5.89 Å². The lowest BCUT2D eigenvalue weighted by atomic mass is 9.73. The van der Waals surface area contributed by atoms with Crippen molar-refractivity contribution >= 4 is 11.8 Å². The van der Waals surface area contributed by atoms with Gasteiger partial charge in [0.15, 0.2) is 11.4 Å². The molecule has 4 heterocycles. The third kappa shape index (κ3) is 5.13. The summed E-state index contributed by atoms with van der Waals surface area (Å²) in [5, 5.41) is 12.2. The summed E-state index contributed by atoms with van der Waals surface area (Å²) >= 11 is 1.79. The predicted octanol–water partition coefficient (Wildman–Crippen LogP) is 6.78. The molecule has 4 nitrogen and oxygen atoms in total. The number of benzene rings is 2. The van der Waals surface area contributed by atoms with E-state index in [1.165, 1.54) is 38.4 Å². The monoisotopic (exact) mass is 521 g/mol. The van der Waals surface area contributed by atoms with Crippen LogP contribution in [0.1, 0.15) is 62.2 Å². The number of aliphatic hydroxyl groups is 1. The van der Waals surface area contributed by atoms with Crippen LogP contribution in [0, 0.1) is 23.6 Å². The first kappa shape index (κ1) is 25.1. The Balaban J connectivity index is 1.19. The average molecular weight is 522 g/mol. The highest BCUT2D eigenvalue weighted by Gasteiger charge is 2.48. The van der Waals surface area contributed by atoms with Gasteiger partial charge < -0.3 is 14.0 Å². The van der Waals surface area contributed by atoms with Crippen molar-refractivity contribution in [1.29, 1.82) is 0 Å². The molecule has 6 heteroatoms. The summed E-state index contributed by atoms with van der Waals surface area (Å²) in [5.41, 5.74) is -0.297. The Morgan fingerprint density at radius 2 is 1.78 bits per heavy atom. The Morgan fingerprint density at radius 1 is 1.00 bits per heavy atom. The van der Waals surface area contributed by atoms with Gasteiger partial charge in [0.05, 0.1) is 25.8 Å². The second-order valence-electron chi connectivity index (χ2n) is 11.6. The molecule has 3 aromatic rings. The van der Waals surface area contributed by atoms with Crippen LogP contribution in [-0.4, -0.2) is 40.0 Å². The van der Waals surface area contributed by atoms with E-state index in [9.17, 15) is 9.50 Å². The maximum absolute atomic E-state index is 13.6. The van der Waals surface area contributed by atoms with Crippen molar-refractivity contribution in [3.8, 4) is 0 Å². The van der Waals surface area contributed by atoms with Gasteiger partial charge in [-0.3, -0.25) is 0 Å². The van der Waals surface area contributed by atoms with Gasteiger partial charge in [-0.05, 0) is 42.5 Å². The molecule has 2 atom stereocenters. The first-order valence-electron chi connectivity index (χ1n) is 14.0. The van der Waals surface area contributed by atoms with Crippen LogP contribution in [0.3, 0.4) is 0 Å². The molecule has 37 heavy (non-hydrogen) atoms. The fourth-order valence-electron chi connectivity index (χ4n) is 7.24. The van der Waals surface area contributed by atoms with E-state index in [1.807, 2.05) is 42.6 Å². The van der Waals surface area contributed by atoms with Crippen molar-refractivity contribution in [2.75, 3.05) is 25.4 Å². The fraction of sp³-hybridized carbons (Fsp3) is 0.516. The van der Waals surface area contributed by atoms with E-state index in [4.69, 9.17) is 9.40 Å². The molecular formula is C31H38FN2O2S+. The normalized spacial score (nSPS) is 27.7. The van der Waals surface area contributed by atoms with Crippen LogP contribution >= 0.6 is 11.8 Å². The Kier molecular flexibility index (Phi) is 7.17. The van der Waals surface area contributed by atoms with E-state index in [0.717, 1.165) is 71.1 Å². The van der Waals surface area contributed by atoms with Crippen LogP contribution in [-0.2, 0) is 12.1 Å². The van der Waals surface area contributed by atoms with E-state index in [2.05, 4.69) is 0 Å². The molecule has 196 valence electrons. The number of halogens is 1. The smallest absolute Gasteiger partial charge is 0.231 e. The van der Waals surface area contributed by atoms with Gasteiger partial charge in [0, 0.05) is 35.3 Å². The lowest BCUT2D eigenvalue weighted by Crippen LogP contribution is -2.61. The van der Waals surface area contributed by atoms with Gasteiger partial charge in [-0.25, -0.2) is 9.37 Å². The van der Waals surface area contributed by atoms with Gasteiger partial charge in [0.25, 0.3) is 0 Å². The molecule has 0 spiro atoms. The number of thioether (sulfide) groups is 1. The van der Waals surface area contributed by atoms with Gasteiger partial charge in [0.1, 0.15) is 12.4 Å². The molecule has 4 aliphatic rings. The number of rotatable bonds is 8. The van der Waals surface area contributed by atoms with Crippen molar-refractivity contribution in [3.05, 3.63) is 83.8 Å².